The molecule has 0 saturated carbocycles. The van der Waals surface area contributed by atoms with Gasteiger partial charge in [0.25, 0.3) is 0 Å². The Balaban J connectivity index is 1.74. The van der Waals surface area contributed by atoms with Gasteiger partial charge < -0.3 is 0 Å². The van der Waals surface area contributed by atoms with Gasteiger partial charge >= 0.3 is 6.09 Å². The summed E-state index contributed by atoms with van der Waals surface area (Å²) >= 11 is 0. The van der Waals surface area contributed by atoms with Crippen LogP contribution in [-0.2, 0) is 4.84 Å². The molecule has 2 aromatic heterocycles. The molecule has 0 aliphatic carbocycles. The number of carbonyl (C=O) groups excluding carboxylic acids is 1. The summed E-state index contributed by atoms with van der Waals surface area (Å²) in [5.41, 5.74) is 4.66. The van der Waals surface area contributed by atoms with E-state index in [0.717, 1.165) is 11.4 Å². The molecule has 0 aliphatic heterocycles. The highest BCUT2D eigenvalue weighted by atomic mass is 16.7. The summed E-state index contributed by atoms with van der Waals surface area (Å²) < 4.78 is 1.75. The van der Waals surface area contributed by atoms with Gasteiger partial charge in [0.2, 0.25) is 0 Å². The van der Waals surface area contributed by atoms with Crippen LogP contribution in [0, 0.1) is 20.8 Å². The van der Waals surface area contributed by atoms with Gasteiger partial charge in [-0.3, -0.25) is 10.2 Å². The summed E-state index contributed by atoms with van der Waals surface area (Å²) in [6.07, 6.45) is -0.692. The molecule has 2 heterocycles. The minimum Gasteiger partial charge on any atom is -0.297 e. The van der Waals surface area contributed by atoms with Crippen molar-refractivity contribution in [2.24, 2.45) is 5.16 Å². The number of nitrogens with zero attached hydrogens (tertiary/aromatic N) is 5. The highest BCUT2D eigenvalue weighted by Crippen LogP contribution is 2.17. The van der Waals surface area contributed by atoms with Crippen molar-refractivity contribution in [3.05, 3.63) is 83.1 Å². The number of aromatic nitrogens is 4. The lowest BCUT2D eigenvalue weighted by atomic mass is 10.3. The van der Waals surface area contributed by atoms with Crippen LogP contribution in [0.15, 0.2) is 65.8 Å². The fraction of sp³-hybridized carbons (Fsp3) is 0.136. The molecule has 8 heteroatoms. The van der Waals surface area contributed by atoms with Crippen LogP contribution < -0.4 is 10.7 Å². The van der Waals surface area contributed by atoms with Crippen molar-refractivity contribution < 1.29 is 9.63 Å². The fourth-order valence-electron chi connectivity index (χ4n) is 3.06. The van der Waals surface area contributed by atoms with Crippen molar-refractivity contribution in [3.8, 4) is 5.69 Å². The van der Waals surface area contributed by atoms with Crippen molar-refractivity contribution in [3.63, 3.8) is 0 Å². The van der Waals surface area contributed by atoms with E-state index >= 15 is 0 Å². The van der Waals surface area contributed by atoms with E-state index in [4.69, 9.17) is 9.82 Å². The van der Waals surface area contributed by atoms with Gasteiger partial charge in [-0.1, -0.05) is 41.6 Å². The van der Waals surface area contributed by atoms with Crippen LogP contribution in [0.25, 0.3) is 16.9 Å². The molecule has 0 bridgehead atoms. The topological polar surface area (TPSA) is 94.3 Å². The minimum atomic E-state index is -0.692. The molecule has 1 amide bonds. The standard InChI is InChI=1S/C22H20N6O2/c1-14-19(27-30-22(29)25-17-10-6-4-7-11-17)15(2)24-21-20(23-14)16(3)26-28(21)18-12-8-5-9-13-18/h4-13H,1-3H3,(H,25,29)/b27-19-. The zero-order chi connectivity index (χ0) is 21.1. The van der Waals surface area contributed by atoms with E-state index in [2.05, 4.69) is 20.6 Å². The normalized spacial score (nSPS) is 11.5. The number of nitrogens with one attached hydrogen (secondary N) is 1. The van der Waals surface area contributed by atoms with Crippen LogP contribution in [-0.4, -0.2) is 25.8 Å². The molecule has 0 saturated heterocycles. The van der Waals surface area contributed by atoms with E-state index in [9.17, 15) is 4.79 Å². The predicted molar refractivity (Wildman–Crippen MR) is 113 cm³/mol. The van der Waals surface area contributed by atoms with Gasteiger partial charge in [0.15, 0.2) is 5.65 Å². The third kappa shape index (κ3) is 3.88. The molecule has 150 valence electrons. The number of hydrogen-bond acceptors (Lipinski definition) is 6. The smallest absolute Gasteiger partial charge is 0.297 e. The van der Waals surface area contributed by atoms with Gasteiger partial charge in [0.1, 0.15) is 10.9 Å². The quantitative estimate of drug-likeness (QED) is 0.417. The van der Waals surface area contributed by atoms with E-state index in [1.165, 1.54) is 0 Å². The summed E-state index contributed by atoms with van der Waals surface area (Å²) in [6, 6.07) is 18.7. The Bertz CT molecular complexity index is 1280. The van der Waals surface area contributed by atoms with Crippen LogP contribution >= 0.6 is 0 Å². The number of benzene rings is 2. The van der Waals surface area contributed by atoms with Gasteiger partial charge in [-0.25, -0.2) is 19.4 Å². The molecule has 30 heavy (non-hydrogen) atoms. The lowest BCUT2D eigenvalue weighted by molar-refractivity contribution is 0.161. The van der Waals surface area contributed by atoms with Crippen molar-refractivity contribution >= 4 is 22.9 Å². The van der Waals surface area contributed by atoms with Crippen LogP contribution in [0.1, 0.15) is 17.1 Å². The molecule has 0 fully saturated rings. The van der Waals surface area contributed by atoms with Gasteiger partial charge in [0, 0.05) is 5.69 Å². The number of carbonyl (C=O) groups is 1. The molecule has 1 N–H and O–H groups in total. The predicted octanol–water partition coefficient (Wildman–Crippen LogP) is 3.81. The first-order valence-electron chi connectivity index (χ1n) is 9.40. The van der Waals surface area contributed by atoms with Crippen LogP contribution in [0.3, 0.4) is 0 Å². The highest BCUT2D eigenvalue weighted by molar-refractivity contribution is 5.84. The number of amides is 1. The third-order valence-corrected chi connectivity index (χ3v) is 4.48. The second kappa shape index (κ2) is 8.12. The summed E-state index contributed by atoms with van der Waals surface area (Å²) in [6.45, 7) is 5.47. The molecule has 0 aliphatic rings. The molecule has 8 nitrogen and oxygen atoms in total. The molecule has 0 atom stereocenters. The van der Waals surface area contributed by atoms with Crippen molar-refractivity contribution in [1.29, 1.82) is 0 Å². The summed E-state index contributed by atoms with van der Waals surface area (Å²) in [7, 11) is 0. The molecule has 2 aromatic carbocycles. The zero-order valence-electron chi connectivity index (χ0n) is 16.8. The number of para-hydroxylation sites is 2. The number of hydrogen-bond donors (Lipinski definition) is 1. The first-order chi connectivity index (χ1) is 14.5. The average molecular weight is 400 g/mol. The Labute approximate surface area is 172 Å². The first kappa shape index (κ1) is 19.3. The van der Waals surface area contributed by atoms with E-state index in [0.29, 0.717) is 33.6 Å². The largest absolute Gasteiger partial charge is 0.437 e. The van der Waals surface area contributed by atoms with Gasteiger partial charge in [0.05, 0.1) is 22.8 Å². The van der Waals surface area contributed by atoms with Crippen LogP contribution in [0.5, 0.6) is 0 Å². The highest BCUT2D eigenvalue weighted by Gasteiger charge is 2.13. The van der Waals surface area contributed by atoms with E-state index in [-0.39, 0.29) is 0 Å². The lowest BCUT2D eigenvalue weighted by Gasteiger charge is -2.02. The fourth-order valence-corrected chi connectivity index (χ4v) is 3.06. The Morgan fingerprint density at radius 3 is 2.23 bits per heavy atom. The minimum absolute atomic E-state index is 0.397. The molecule has 0 radical (unpaired) electrons. The Morgan fingerprint density at radius 2 is 1.53 bits per heavy atom. The van der Waals surface area contributed by atoms with Crippen molar-refractivity contribution in [1.82, 2.24) is 19.7 Å². The molecule has 0 spiro atoms. The molecular formula is C22H20N6O2. The van der Waals surface area contributed by atoms with Crippen LogP contribution in [0.4, 0.5) is 10.5 Å². The molecular weight excluding hydrogens is 380 g/mol. The monoisotopic (exact) mass is 400 g/mol. The average Bonchev–Trinajstić information content (AvgIpc) is 2.97. The first-order valence-corrected chi connectivity index (χ1v) is 9.40. The number of rotatable bonds is 3. The Kier molecular flexibility index (Phi) is 5.21. The second-order valence-electron chi connectivity index (χ2n) is 6.71. The second-order valence-corrected chi connectivity index (χ2v) is 6.71. The zero-order valence-corrected chi connectivity index (χ0v) is 16.8. The van der Waals surface area contributed by atoms with Crippen molar-refractivity contribution in [2.75, 3.05) is 5.32 Å². The number of anilines is 1. The van der Waals surface area contributed by atoms with Crippen LogP contribution in [0.2, 0.25) is 0 Å². The van der Waals surface area contributed by atoms with E-state index < -0.39 is 6.09 Å². The molecule has 0 unspecified atom stereocenters. The molecule has 4 aromatic rings. The Morgan fingerprint density at radius 1 is 0.900 bits per heavy atom. The summed E-state index contributed by atoms with van der Waals surface area (Å²) in [5, 5.41) is 11.6. The number of fused-ring (bicyclic) bond motifs is 1. The van der Waals surface area contributed by atoms with Crippen molar-refractivity contribution in [2.45, 2.75) is 20.8 Å². The number of aryl methyl sites for hydroxylation is 3. The molecule has 4 rings (SSSR count). The summed E-state index contributed by atoms with van der Waals surface area (Å²) in [5.74, 6) is 0. The van der Waals surface area contributed by atoms with Gasteiger partial charge in [-0.05, 0) is 45.0 Å². The summed E-state index contributed by atoms with van der Waals surface area (Å²) in [4.78, 5) is 26.5. The SMILES string of the molecule is Cc1nc2c(C)nn(-c3ccccc3)c2nc(C)/c1=N\OC(=O)Nc1ccccc1. The van der Waals surface area contributed by atoms with E-state index in [1.807, 2.05) is 55.5 Å². The maximum atomic E-state index is 12.1. The third-order valence-electron chi connectivity index (χ3n) is 4.48. The maximum absolute atomic E-state index is 12.1. The Hall–Kier alpha value is -4.07. The van der Waals surface area contributed by atoms with Gasteiger partial charge in [-0.2, -0.15) is 5.10 Å². The van der Waals surface area contributed by atoms with Gasteiger partial charge in [-0.15, -0.1) is 0 Å². The van der Waals surface area contributed by atoms with E-state index in [1.54, 1.807) is 30.7 Å². The lowest BCUT2D eigenvalue weighted by Crippen LogP contribution is -2.16. The maximum Gasteiger partial charge on any atom is 0.437 e.